The molecule has 0 saturated heterocycles. The molecule has 0 aliphatic carbocycles. The number of ether oxygens (including phenoxy) is 1. The highest BCUT2D eigenvalue weighted by Crippen LogP contribution is 2.01. The number of rotatable bonds is 5. The molecule has 98 valence electrons. The number of aromatic nitrogens is 4. The summed E-state index contributed by atoms with van der Waals surface area (Å²) < 4.78 is 5.90. The summed E-state index contributed by atoms with van der Waals surface area (Å²) in [6.07, 6.45) is 0. The third kappa shape index (κ3) is 3.35. The Bertz CT molecular complexity index is 581. The summed E-state index contributed by atoms with van der Waals surface area (Å²) in [7, 11) is 0. The average Bonchev–Trinajstić information content (AvgIpc) is 2.82. The normalized spacial score (nSPS) is 10.1. The lowest BCUT2D eigenvalue weighted by molar-refractivity contribution is -0.143. The smallest absolute Gasteiger partial charge is 0.328 e. The third-order valence-corrected chi connectivity index (χ3v) is 2.30. The fourth-order valence-corrected chi connectivity index (χ4v) is 1.35. The SMILES string of the molecule is Nc1nnnn1CC(=O)OCC(=O)c1ccccc1. The first-order valence-corrected chi connectivity index (χ1v) is 5.42. The van der Waals surface area contributed by atoms with Crippen molar-refractivity contribution in [2.24, 2.45) is 0 Å². The summed E-state index contributed by atoms with van der Waals surface area (Å²) in [6, 6.07) is 8.56. The van der Waals surface area contributed by atoms with Gasteiger partial charge >= 0.3 is 5.97 Å². The van der Waals surface area contributed by atoms with E-state index in [1.165, 1.54) is 0 Å². The van der Waals surface area contributed by atoms with Crippen LogP contribution in [0.4, 0.5) is 5.95 Å². The molecule has 0 atom stereocenters. The molecular formula is C11H11N5O3. The minimum absolute atomic E-state index is 0.00587. The van der Waals surface area contributed by atoms with E-state index in [4.69, 9.17) is 10.5 Å². The number of hydrogen-bond acceptors (Lipinski definition) is 7. The van der Waals surface area contributed by atoms with Gasteiger partial charge in [-0.2, -0.15) is 0 Å². The Labute approximate surface area is 108 Å². The van der Waals surface area contributed by atoms with Crippen LogP contribution in [0.2, 0.25) is 0 Å². The Kier molecular flexibility index (Phi) is 3.81. The molecule has 0 aliphatic rings. The van der Waals surface area contributed by atoms with Gasteiger partial charge in [0.05, 0.1) is 0 Å². The van der Waals surface area contributed by atoms with E-state index < -0.39 is 5.97 Å². The van der Waals surface area contributed by atoms with Crippen molar-refractivity contribution in [3.63, 3.8) is 0 Å². The van der Waals surface area contributed by atoms with Crippen LogP contribution in [0.15, 0.2) is 30.3 Å². The number of nitrogen functional groups attached to an aromatic ring is 1. The number of benzene rings is 1. The van der Waals surface area contributed by atoms with Gasteiger partial charge in [-0.05, 0) is 10.4 Å². The molecule has 1 aromatic heterocycles. The molecule has 0 saturated carbocycles. The number of nitrogens with two attached hydrogens (primary N) is 1. The number of carbonyl (C=O) groups excluding carboxylic acids is 2. The lowest BCUT2D eigenvalue weighted by atomic mass is 10.1. The average molecular weight is 261 g/mol. The van der Waals surface area contributed by atoms with Gasteiger partial charge in [-0.1, -0.05) is 35.4 Å². The Morgan fingerprint density at radius 3 is 2.63 bits per heavy atom. The Hall–Kier alpha value is -2.77. The van der Waals surface area contributed by atoms with Crippen molar-refractivity contribution >= 4 is 17.7 Å². The quantitative estimate of drug-likeness (QED) is 0.579. The predicted molar refractivity (Wildman–Crippen MR) is 64.0 cm³/mol. The van der Waals surface area contributed by atoms with Gasteiger partial charge in [-0.25, -0.2) is 4.68 Å². The molecule has 0 spiro atoms. The van der Waals surface area contributed by atoms with Crippen LogP contribution in [0.3, 0.4) is 0 Å². The van der Waals surface area contributed by atoms with Crippen LogP contribution in [-0.2, 0) is 16.1 Å². The summed E-state index contributed by atoms with van der Waals surface area (Å²) >= 11 is 0. The summed E-state index contributed by atoms with van der Waals surface area (Å²) in [5, 5.41) is 10.2. The molecule has 0 fully saturated rings. The lowest BCUT2D eigenvalue weighted by Gasteiger charge is -2.04. The highest BCUT2D eigenvalue weighted by Gasteiger charge is 2.12. The summed E-state index contributed by atoms with van der Waals surface area (Å²) in [4.78, 5) is 23.1. The van der Waals surface area contributed by atoms with Crippen molar-refractivity contribution < 1.29 is 14.3 Å². The predicted octanol–water partition coefficient (Wildman–Crippen LogP) is -0.319. The largest absolute Gasteiger partial charge is 0.456 e. The zero-order valence-corrected chi connectivity index (χ0v) is 9.89. The van der Waals surface area contributed by atoms with E-state index in [0.717, 1.165) is 4.68 Å². The van der Waals surface area contributed by atoms with Gasteiger partial charge in [0.2, 0.25) is 5.95 Å². The van der Waals surface area contributed by atoms with Crippen molar-refractivity contribution in [2.45, 2.75) is 6.54 Å². The van der Waals surface area contributed by atoms with Crippen molar-refractivity contribution in [1.29, 1.82) is 0 Å². The number of hydrogen-bond donors (Lipinski definition) is 1. The fourth-order valence-electron chi connectivity index (χ4n) is 1.35. The monoisotopic (exact) mass is 261 g/mol. The lowest BCUT2D eigenvalue weighted by Crippen LogP contribution is -2.20. The molecule has 8 nitrogen and oxygen atoms in total. The summed E-state index contributed by atoms with van der Waals surface area (Å²) in [5.74, 6) is -0.909. The van der Waals surface area contributed by atoms with E-state index in [2.05, 4.69) is 15.5 Å². The van der Waals surface area contributed by atoms with Crippen LogP contribution < -0.4 is 5.73 Å². The molecule has 0 bridgehead atoms. The molecule has 19 heavy (non-hydrogen) atoms. The van der Waals surface area contributed by atoms with E-state index in [-0.39, 0.29) is 24.9 Å². The number of Topliss-reactive ketones (excluding diaryl/α,β-unsaturated/α-hetero) is 1. The van der Waals surface area contributed by atoms with E-state index >= 15 is 0 Å². The Balaban J connectivity index is 1.84. The molecule has 0 radical (unpaired) electrons. The first-order valence-electron chi connectivity index (χ1n) is 5.42. The van der Waals surface area contributed by atoms with Gasteiger partial charge in [0.1, 0.15) is 6.54 Å². The zero-order chi connectivity index (χ0) is 13.7. The van der Waals surface area contributed by atoms with Crippen molar-refractivity contribution in [2.75, 3.05) is 12.3 Å². The number of anilines is 1. The first kappa shape index (κ1) is 12.7. The molecule has 0 amide bonds. The van der Waals surface area contributed by atoms with Gasteiger partial charge in [-0.15, -0.1) is 0 Å². The molecule has 2 N–H and O–H groups in total. The number of esters is 1. The summed E-state index contributed by atoms with van der Waals surface area (Å²) in [6.45, 7) is -0.564. The Morgan fingerprint density at radius 2 is 2.00 bits per heavy atom. The fraction of sp³-hybridized carbons (Fsp3) is 0.182. The van der Waals surface area contributed by atoms with Crippen molar-refractivity contribution in [3.8, 4) is 0 Å². The van der Waals surface area contributed by atoms with Gasteiger partial charge < -0.3 is 10.5 Å². The van der Waals surface area contributed by atoms with Crippen LogP contribution in [0.1, 0.15) is 10.4 Å². The van der Waals surface area contributed by atoms with Crippen LogP contribution >= 0.6 is 0 Å². The van der Waals surface area contributed by atoms with Gasteiger partial charge in [0.25, 0.3) is 0 Å². The molecule has 0 aliphatic heterocycles. The van der Waals surface area contributed by atoms with Crippen LogP contribution in [-0.4, -0.2) is 38.6 Å². The van der Waals surface area contributed by atoms with E-state index in [1.54, 1.807) is 30.3 Å². The second-order valence-corrected chi connectivity index (χ2v) is 3.64. The highest BCUT2D eigenvalue weighted by molar-refractivity contribution is 5.97. The van der Waals surface area contributed by atoms with E-state index in [9.17, 15) is 9.59 Å². The van der Waals surface area contributed by atoms with Crippen molar-refractivity contribution in [1.82, 2.24) is 20.2 Å². The number of nitrogens with zero attached hydrogens (tertiary/aromatic N) is 4. The minimum atomic E-state index is -0.636. The number of tetrazole rings is 1. The second kappa shape index (κ2) is 5.71. The Morgan fingerprint density at radius 1 is 1.26 bits per heavy atom. The maximum absolute atomic E-state index is 11.7. The second-order valence-electron chi connectivity index (χ2n) is 3.64. The van der Waals surface area contributed by atoms with E-state index in [0.29, 0.717) is 5.56 Å². The molecule has 0 unspecified atom stereocenters. The molecule has 1 aromatic carbocycles. The number of carbonyl (C=O) groups is 2. The van der Waals surface area contributed by atoms with Crippen LogP contribution in [0.25, 0.3) is 0 Å². The van der Waals surface area contributed by atoms with Crippen LogP contribution in [0, 0.1) is 0 Å². The van der Waals surface area contributed by atoms with Gasteiger partial charge in [0, 0.05) is 5.56 Å². The van der Waals surface area contributed by atoms with Crippen LogP contribution in [0.5, 0.6) is 0 Å². The first-order chi connectivity index (χ1) is 9.16. The zero-order valence-electron chi connectivity index (χ0n) is 9.89. The molecule has 8 heteroatoms. The maximum atomic E-state index is 11.7. The van der Waals surface area contributed by atoms with E-state index in [1.807, 2.05) is 0 Å². The maximum Gasteiger partial charge on any atom is 0.328 e. The molecule has 2 aromatic rings. The highest BCUT2D eigenvalue weighted by atomic mass is 16.5. The standard InChI is InChI=1S/C11H11N5O3/c12-11-13-14-15-16(11)6-10(18)19-7-9(17)8-4-2-1-3-5-8/h1-5H,6-7H2,(H2,12,13,15). The third-order valence-electron chi connectivity index (χ3n) is 2.30. The van der Waals surface area contributed by atoms with Gasteiger partial charge in [0.15, 0.2) is 12.4 Å². The minimum Gasteiger partial charge on any atom is -0.456 e. The van der Waals surface area contributed by atoms with Crippen molar-refractivity contribution in [3.05, 3.63) is 35.9 Å². The van der Waals surface area contributed by atoms with Gasteiger partial charge in [-0.3, -0.25) is 9.59 Å². The molecule has 1 heterocycles. The topological polar surface area (TPSA) is 113 Å². The molecule has 2 rings (SSSR count). The summed E-state index contributed by atoms with van der Waals surface area (Å²) in [5.41, 5.74) is 5.87. The number of ketones is 1. The molecular weight excluding hydrogens is 250 g/mol.